The van der Waals surface area contributed by atoms with Crippen LogP contribution in [0.3, 0.4) is 0 Å². The van der Waals surface area contributed by atoms with Crippen molar-refractivity contribution in [3.05, 3.63) is 17.7 Å². The van der Waals surface area contributed by atoms with Gasteiger partial charge >= 0.3 is 0 Å². The summed E-state index contributed by atoms with van der Waals surface area (Å²) in [5.41, 5.74) is 7.98. The normalized spacial score (nSPS) is 15.8. The number of fused-ring (bicyclic) bond motifs is 1. The van der Waals surface area contributed by atoms with Gasteiger partial charge in [-0.05, 0) is 36.6 Å². The van der Waals surface area contributed by atoms with Crippen molar-refractivity contribution in [1.29, 1.82) is 0 Å². The number of nitrogen functional groups attached to an aromatic ring is 1. The molecule has 0 amide bonds. The van der Waals surface area contributed by atoms with Gasteiger partial charge in [-0.1, -0.05) is 0 Å². The first kappa shape index (κ1) is 9.71. The zero-order valence-electron chi connectivity index (χ0n) is 8.38. The van der Waals surface area contributed by atoms with E-state index in [4.69, 9.17) is 10.5 Å². The fraction of sp³-hybridized carbons (Fsp3) is 0.455. The number of aryl methyl sites for hydroxylation is 1. The first-order valence-electron chi connectivity index (χ1n) is 4.90. The van der Waals surface area contributed by atoms with Gasteiger partial charge in [0.25, 0.3) is 0 Å². The lowest BCUT2D eigenvalue weighted by atomic mass is 10.1. The van der Waals surface area contributed by atoms with Crippen molar-refractivity contribution in [2.24, 2.45) is 0 Å². The number of thioether (sulfide) groups is 1. The monoisotopic (exact) mass is 209 g/mol. The molecule has 0 saturated carbocycles. The van der Waals surface area contributed by atoms with Gasteiger partial charge in [-0.3, -0.25) is 0 Å². The Morgan fingerprint density at radius 2 is 2.21 bits per heavy atom. The largest absolute Gasteiger partial charge is 0.495 e. The van der Waals surface area contributed by atoms with Gasteiger partial charge in [-0.2, -0.15) is 0 Å². The average molecular weight is 209 g/mol. The average Bonchev–Trinajstić information content (AvgIpc) is 2.41. The van der Waals surface area contributed by atoms with Crippen LogP contribution in [0.2, 0.25) is 0 Å². The van der Waals surface area contributed by atoms with Crippen LogP contribution in [0.5, 0.6) is 5.75 Å². The summed E-state index contributed by atoms with van der Waals surface area (Å²) >= 11 is 1.89. The SMILES string of the molecule is COc1cc(N)cc2c1SCCCC2. The number of rotatable bonds is 1. The fourth-order valence-electron chi connectivity index (χ4n) is 1.78. The van der Waals surface area contributed by atoms with Gasteiger partial charge in [0.1, 0.15) is 5.75 Å². The molecule has 1 aromatic carbocycles. The molecule has 2 nitrogen and oxygen atoms in total. The van der Waals surface area contributed by atoms with Gasteiger partial charge < -0.3 is 10.5 Å². The number of methoxy groups -OCH3 is 1. The Hall–Kier alpha value is -0.830. The van der Waals surface area contributed by atoms with Crippen LogP contribution in [0, 0.1) is 0 Å². The molecule has 0 radical (unpaired) electrons. The molecule has 0 spiro atoms. The third-order valence-electron chi connectivity index (χ3n) is 2.46. The second-order valence-electron chi connectivity index (χ2n) is 3.52. The van der Waals surface area contributed by atoms with E-state index in [1.54, 1.807) is 7.11 Å². The highest BCUT2D eigenvalue weighted by Crippen LogP contribution is 2.38. The minimum Gasteiger partial charge on any atom is -0.495 e. The van der Waals surface area contributed by atoms with Crippen LogP contribution >= 0.6 is 11.8 Å². The van der Waals surface area contributed by atoms with E-state index >= 15 is 0 Å². The molecule has 2 rings (SSSR count). The van der Waals surface area contributed by atoms with Gasteiger partial charge in [-0.25, -0.2) is 0 Å². The molecule has 0 saturated heterocycles. The summed E-state index contributed by atoms with van der Waals surface area (Å²) < 4.78 is 5.35. The summed E-state index contributed by atoms with van der Waals surface area (Å²) in [6.07, 6.45) is 3.67. The van der Waals surface area contributed by atoms with Gasteiger partial charge in [0.2, 0.25) is 0 Å². The van der Waals surface area contributed by atoms with E-state index in [-0.39, 0.29) is 0 Å². The van der Waals surface area contributed by atoms with Gasteiger partial charge in [0, 0.05) is 11.8 Å². The maximum absolute atomic E-state index is 5.82. The molecule has 0 fully saturated rings. The van der Waals surface area contributed by atoms with Crippen LogP contribution in [0.4, 0.5) is 5.69 Å². The van der Waals surface area contributed by atoms with E-state index < -0.39 is 0 Å². The van der Waals surface area contributed by atoms with E-state index in [1.165, 1.54) is 29.1 Å². The molecule has 1 aliphatic heterocycles. The standard InChI is InChI=1S/C11H15NOS/c1-13-10-7-9(12)6-8-4-2-3-5-14-11(8)10/h6-7H,2-5,12H2,1H3. The zero-order chi connectivity index (χ0) is 9.97. The smallest absolute Gasteiger partial charge is 0.134 e. The Balaban J connectivity index is 2.46. The molecular formula is C11H15NOS. The predicted molar refractivity (Wildman–Crippen MR) is 61.1 cm³/mol. The van der Waals surface area contributed by atoms with Crippen molar-refractivity contribution in [3.63, 3.8) is 0 Å². The van der Waals surface area contributed by atoms with Crippen LogP contribution in [-0.2, 0) is 6.42 Å². The minimum absolute atomic E-state index is 0.808. The molecule has 0 aromatic heterocycles. The lowest BCUT2D eigenvalue weighted by molar-refractivity contribution is 0.404. The van der Waals surface area contributed by atoms with Crippen molar-refractivity contribution in [1.82, 2.24) is 0 Å². The van der Waals surface area contributed by atoms with Crippen LogP contribution in [-0.4, -0.2) is 12.9 Å². The van der Waals surface area contributed by atoms with Gasteiger partial charge in [0.05, 0.1) is 12.0 Å². The van der Waals surface area contributed by atoms with Gasteiger partial charge in [-0.15, -0.1) is 11.8 Å². The fourth-order valence-corrected chi connectivity index (χ4v) is 2.96. The molecule has 2 N–H and O–H groups in total. The molecule has 1 heterocycles. The van der Waals surface area contributed by atoms with Crippen molar-refractivity contribution >= 4 is 17.4 Å². The molecule has 3 heteroatoms. The summed E-state index contributed by atoms with van der Waals surface area (Å²) in [4.78, 5) is 1.29. The first-order valence-corrected chi connectivity index (χ1v) is 5.89. The molecule has 1 aliphatic rings. The number of hydrogen-bond acceptors (Lipinski definition) is 3. The Labute approximate surface area is 88.8 Å². The Kier molecular flexibility index (Phi) is 2.87. The highest BCUT2D eigenvalue weighted by atomic mass is 32.2. The second kappa shape index (κ2) is 4.13. The maximum Gasteiger partial charge on any atom is 0.134 e. The Morgan fingerprint density at radius 3 is 3.00 bits per heavy atom. The maximum atomic E-state index is 5.82. The summed E-state index contributed by atoms with van der Waals surface area (Å²) in [6, 6.07) is 3.99. The third kappa shape index (κ3) is 1.82. The third-order valence-corrected chi connectivity index (χ3v) is 3.71. The van der Waals surface area contributed by atoms with Crippen molar-refractivity contribution in [2.45, 2.75) is 24.2 Å². The second-order valence-corrected chi connectivity index (χ2v) is 4.62. The molecular weight excluding hydrogens is 194 g/mol. The van der Waals surface area contributed by atoms with Crippen LogP contribution in [0.25, 0.3) is 0 Å². The zero-order valence-corrected chi connectivity index (χ0v) is 9.19. The minimum atomic E-state index is 0.808. The van der Waals surface area contributed by atoms with E-state index in [2.05, 4.69) is 6.07 Å². The summed E-state index contributed by atoms with van der Waals surface area (Å²) in [5.74, 6) is 2.12. The van der Waals surface area contributed by atoms with Crippen LogP contribution in [0.15, 0.2) is 17.0 Å². The van der Waals surface area contributed by atoms with Crippen LogP contribution in [0.1, 0.15) is 18.4 Å². The summed E-state index contributed by atoms with van der Waals surface area (Å²) in [7, 11) is 1.71. The number of ether oxygens (including phenoxy) is 1. The molecule has 0 atom stereocenters. The Bertz CT molecular complexity index is 338. The lowest BCUT2D eigenvalue weighted by Gasteiger charge is -2.11. The van der Waals surface area contributed by atoms with Crippen molar-refractivity contribution in [3.8, 4) is 5.75 Å². The number of hydrogen-bond donors (Lipinski definition) is 1. The first-order chi connectivity index (χ1) is 6.81. The molecule has 1 aromatic rings. The molecule has 0 bridgehead atoms. The number of anilines is 1. The summed E-state index contributed by atoms with van der Waals surface area (Å²) in [6.45, 7) is 0. The quantitative estimate of drug-likeness (QED) is 0.722. The van der Waals surface area contributed by atoms with E-state index in [0.717, 1.165) is 17.9 Å². The topological polar surface area (TPSA) is 35.2 Å². The Morgan fingerprint density at radius 1 is 1.36 bits per heavy atom. The van der Waals surface area contributed by atoms with E-state index in [9.17, 15) is 0 Å². The number of benzene rings is 1. The molecule has 0 aliphatic carbocycles. The van der Waals surface area contributed by atoms with E-state index in [1.807, 2.05) is 17.8 Å². The molecule has 14 heavy (non-hydrogen) atoms. The van der Waals surface area contributed by atoms with Gasteiger partial charge in [0.15, 0.2) is 0 Å². The van der Waals surface area contributed by atoms with E-state index in [0.29, 0.717) is 0 Å². The van der Waals surface area contributed by atoms with Crippen LogP contribution < -0.4 is 10.5 Å². The predicted octanol–water partition coefficient (Wildman–Crippen LogP) is 2.71. The lowest BCUT2D eigenvalue weighted by Crippen LogP contribution is -1.95. The molecule has 76 valence electrons. The highest BCUT2D eigenvalue weighted by molar-refractivity contribution is 7.99. The number of nitrogens with two attached hydrogens (primary N) is 1. The molecule has 0 unspecified atom stereocenters. The van der Waals surface area contributed by atoms with Crippen molar-refractivity contribution in [2.75, 3.05) is 18.6 Å². The highest BCUT2D eigenvalue weighted by Gasteiger charge is 2.13. The summed E-state index contributed by atoms with van der Waals surface area (Å²) in [5, 5.41) is 0. The van der Waals surface area contributed by atoms with Crippen molar-refractivity contribution < 1.29 is 4.74 Å².